The summed E-state index contributed by atoms with van der Waals surface area (Å²) in [5.74, 6) is -1.06. The third kappa shape index (κ3) is 6.67. The minimum absolute atomic E-state index is 0.00300. The van der Waals surface area contributed by atoms with E-state index in [1.807, 2.05) is 26.0 Å². The van der Waals surface area contributed by atoms with Crippen LogP contribution in [0.3, 0.4) is 0 Å². The maximum Gasteiger partial charge on any atom is 0.338 e. The Bertz CT molecular complexity index is 928. The lowest BCUT2D eigenvalue weighted by atomic mass is 9.86. The summed E-state index contributed by atoms with van der Waals surface area (Å²) in [7, 11) is 0. The van der Waals surface area contributed by atoms with Gasteiger partial charge in [0.05, 0.1) is 12.2 Å². The average molecular weight is 439 g/mol. The predicted octanol–water partition coefficient (Wildman–Crippen LogP) is 4.94. The molecule has 0 unspecified atom stereocenters. The second-order valence-electron chi connectivity index (χ2n) is 8.95. The molecular formula is C26H34N2O4. The van der Waals surface area contributed by atoms with Crippen LogP contribution in [-0.4, -0.2) is 30.4 Å². The van der Waals surface area contributed by atoms with E-state index in [0.717, 1.165) is 12.0 Å². The lowest BCUT2D eigenvalue weighted by Crippen LogP contribution is -2.47. The van der Waals surface area contributed by atoms with Crippen molar-refractivity contribution in [3.63, 3.8) is 0 Å². The van der Waals surface area contributed by atoms with Crippen LogP contribution in [0.4, 0.5) is 5.69 Å². The fourth-order valence-electron chi connectivity index (χ4n) is 3.17. The molecule has 0 fully saturated rings. The molecule has 6 nitrogen and oxygen atoms in total. The molecule has 0 heterocycles. The molecule has 2 N–H and O–H groups in total. The maximum absolute atomic E-state index is 13.0. The Balaban J connectivity index is 2.11. The maximum atomic E-state index is 13.0. The summed E-state index contributed by atoms with van der Waals surface area (Å²) in [6.07, 6.45) is 0.725. The van der Waals surface area contributed by atoms with E-state index in [4.69, 9.17) is 4.74 Å². The zero-order valence-electron chi connectivity index (χ0n) is 19.8. The van der Waals surface area contributed by atoms with Crippen LogP contribution in [0.15, 0.2) is 48.5 Å². The number of nitrogens with one attached hydrogen (secondary N) is 2. The Morgan fingerprint density at radius 2 is 1.47 bits per heavy atom. The number of hydrogen-bond donors (Lipinski definition) is 2. The minimum atomic E-state index is -0.695. The standard InChI is InChI=1S/C26H34N2O4/c1-7-17(3)22(28-23(29)18-9-13-20(14-10-18)26(4,5)6)24(30)27-21-15-11-19(12-16-21)25(31)32-8-2/h9-17,22H,7-8H2,1-6H3,(H,27,30)(H,28,29)/t17-,22-/m0/s1. The summed E-state index contributed by atoms with van der Waals surface area (Å²) in [6, 6.07) is 13.2. The Morgan fingerprint density at radius 1 is 0.906 bits per heavy atom. The molecule has 2 amide bonds. The zero-order valence-corrected chi connectivity index (χ0v) is 19.8. The van der Waals surface area contributed by atoms with Crippen molar-refractivity contribution in [1.29, 1.82) is 0 Å². The van der Waals surface area contributed by atoms with Gasteiger partial charge in [0.1, 0.15) is 6.04 Å². The number of ether oxygens (including phenoxy) is 1. The lowest BCUT2D eigenvalue weighted by molar-refractivity contribution is -0.119. The molecule has 0 saturated heterocycles. The quantitative estimate of drug-likeness (QED) is 0.572. The van der Waals surface area contributed by atoms with Gasteiger partial charge < -0.3 is 15.4 Å². The largest absolute Gasteiger partial charge is 0.462 e. The fourth-order valence-corrected chi connectivity index (χ4v) is 3.17. The van der Waals surface area contributed by atoms with Gasteiger partial charge >= 0.3 is 5.97 Å². The molecular weight excluding hydrogens is 404 g/mol. The number of anilines is 1. The molecule has 0 aromatic heterocycles. The highest BCUT2D eigenvalue weighted by molar-refractivity contribution is 6.01. The van der Waals surface area contributed by atoms with Crippen LogP contribution in [0.5, 0.6) is 0 Å². The molecule has 2 rings (SSSR count). The summed E-state index contributed by atoms with van der Waals surface area (Å²) in [5.41, 5.74) is 2.60. The van der Waals surface area contributed by atoms with Gasteiger partial charge in [-0.1, -0.05) is 53.2 Å². The number of benzene rings is 2. The molecule has 2 atom stereocenters. The van der Waals surface area contributed by atoms with E-state index in [1.54, 1.807) is 43.3 Å². The van der Waals surface area contributed by atoms with Crippen molar-refractivity contribution in [3.05, 3.63) is 65.2 Å². The topological polar surface area (TPSA) is 84.5 Å². The summed E-state index contributed by atoms with van der Waals surface area (Å²) in [4.78, 5) is 37.6. The van der Waals surface area contributed by atoms with Crippen LogP contribution in [0.2, 0.25) is 0 Å². The summed E-state index contributed by atoms with van der Waals surface area (Å²) < 4.78 is 4.97. The first-order valence-corrected chi connectivity index (χ1v) is 11.1. The van der Waals surface area contributed by atoms with Crippen molar-refractivity contribution in [2.75, 3.05) is 11.9 Å². The number of esters is 1. The van der Waals surface area contributed by atoms with Crippen molar-refractivity contribution < 1.29 is 19.1 Å². The molecule has 0 spiro atoms. The van der Waals surface area contributed by atoms with Crippen LogP contribution in [0, 0.1) is 5.92 Å². The van der Waals surface area contributed by atoms with Gasteiger partial charge in [-0.3, -0.25) is 9.59 Å². The van der Waals surface area contributed by atoms with Crippen molar-refractivity contribution >= 4 is 23.5 Å². The highest BCUT2D eigenvalue weighted by Crippen LogP contribution is 2.22. The fraction of sp³-hybridized carbons (Fsp3) is 0.423. The van der Waals surface area contributed by atoms with Crippen LogP contribution < -0.4 is 10.6 Å². The Kier molecular flexibility index (Phi) is 8.58. The first-order chi connectivity index (χ1) is 15.1. The average Bonchev–Trinajstić information content (AvgIpc) is 2.76. The predicted molar refractivity (Wildman–Crippen MR) is 127 cm³/mol. The first-order valence-electron chi connectivity index (χ1n) is 11.1. The van der Waals surface area contributed by atoms with E-state index in [1.165, 1.54) is 0 Å². The van der Waals surface area contributed by atoms with Crippen molar-refractivity contribution in [3.8, 4) is 0 Å². The van der Waals surface area contributed by atoms with Crippen LogP contribution in [0.25, 0.3) is 0 Å². The van der Waals surface area contributed by atoms with Crippen LogP contribution in [-0.2, 0) is 14.9 Å². The monoisotopic (exact) mass is 438 g/mol. The number of carbonyl (C=O) groups excluding carboxylic acids is 3. The van der Waals surface area contributed by atoms with Crippen molar-refractivity contribution in [2.24, 2.45) is 5.92 Å². The van der Waals surface area contributed by atoms with Crippen molar-refractivity contribution in [1.82, 2.24) is 5.32 Å². The number of rotatable bonds is 8. The van der Waals surface area contributed by atoms with Crippen LogP contribution in [0.1, 0.15) is 74.2 Å². The normalized spacial score (nSPS) is 13.1. The molecule has 0 aliphatic heterocycles. The summed E-state index contributed by atoms with van der Waals surface area (Å²) in [5, 5.41) is 5.72. The smallest absolute Gasteiger partial charge is 0.338 e. The number of amides is 2. The van der Waals surface area contributed by atoms with E-state index in [2.05, 4.69) is 31.4 Å². The lowest BCUT2D eigenvalue weighted by Gasteiger charge is -2.24. The Hall–Kier alpha value is -3.15. The third-order valence-electron chi connectivity index (χ3n) is 5.46. The first kappa shape index (κ1) is 25.1. The van der Waals surface area contributed by atoms with E-state index >= 15 is 0 Å². The Morgan fingerprint density at radius 3 is 1.97 bits per heavy atom. The summed E-state index contributed by atoms with van der Waals surface area (Å²) >= 11 is 0. The van der Waals surface area contributed by atoms with Gasteiger partial charge in [0, 0.05) is 11.3 Å². The summed E-state index contributed by atoms with van der Waals surface area (Å²) in [6.45, 7) is 12.3. The Labute approximate surface area is 190 Å². The zero-order chi connectivity index (χ0) is 23.9. The highest BCUT2D eigenvalue weighted by Gasteiger charge is 2.27. The number of hydrogen-bond acceptors (Lipinski definition) is 4. The van der Waals surface area contributed by atoms with Gasteiger partial charge in [-0.05, 0) is 60.2 Å². The van der Waals surface area contributed by atoms with Gasteiger partial charge in [-0.2, -0.15) is 0 Å². The van der Waals surface area contributed by atoms with Crippen molar-refractivity contribution in [2.45, 2.75) is 59.4 Å². The molecule has 6 heteroatoms. The molecule has 2 aromatic carbocycles. The third-order valence-corrected chi connectivity index (χ3v) is 5.46. The van der Waals surface area contributed by atoms with Gasteiger partial charge in [0.25, 0.3) is 5.91 Å². The number of carbonyl (C=O) groups is 3. The second-order valence-corrected chi connectivity index (χ2v) is 8.95. The van der Waals surface area contributed by atoms with E-state index in [9.17, 15) is 14.4 Å². The minimum Gasteiger partial charge on any atom is -0.462 e. The molecule has 0 saturated carbocycles. The molecule has 32 heavy (non-hydrogen) atoms. The second kappa shape index (κ2) is 10.9. The van der Waals surface area contributed by atoms with Gasteiger partial charge in [0.15, 0.2) is 0 Å². The van der Waals surface area contributed by atoms with Gasteiger partial charge in [0.2, 0.25) is 5.91 Å². The molecule has 0 bridgehead atoms. The van der Waals surface area contributed by atoms with Crippen LogP contribution >= 0.6 is 0 Å². The van der Waals surface area contributed by atoms with E-state index in [0.29, 0.717) is 23.4 Å². The van der Waals surface area contributed by atoms with E-state index < -0.39 is 12.0 Å². The highest BCUT2D eigenvalue weighted by atomic mass is 16.5. The van der Waals surface area contributed by atoms with Gasteiger partial charge in [-0.25, -0.2) is 4.79 Å². The molecule has 0 aliphatic rings. The van der Waals surface area contributed by atoms with Gasteiger partial charge in [-0.15, -0.1) is 0 Å². The molecule has 172 valence electrons. The van der Waals surface area contributed by atoms with E-state index in [-0.39, 0.29) is 23.1 Å². The molecule has 0 radical (unpaired) electrons. The molecule has 0 aliphatic carbocycles. The SMILES string of the molecule is CCOC(=O)c1ccc(NC(=O)[C@@H](NC(=O)c2ccc(C(C)(C)C)cc2)[C@@H](C)CC)cc1. The molecule has 2 aromatic rings.